The third kappa shape index (κ3) is 3.85. The predicted octanol–water partition coefficient (Wildman–Crippen LogP) is 1.13. The maximum Gasteiger partial charge on any atom is 0.324 e. The van der Waals surface area contributed by atoms with Gasteiger partial charge in [0.25, 0.3) is 0 Å². The summed E-state index contributed by atoms with van der Waals surface area (Å²) in [5.41, 5.74) is 0.397. The van der Waals surface area contributed by atoms with Gasteiger partial charge in [0.2, 0.25) is 11.8 Å². The molecular formula is C14H12BrN2O5-. The van der Waals surface area contributed by atoms with E-state index in [1.54, 1.807) is 24.3 Å². The predicted molar refractivity (Wildman–Crippen MR) is 77.7 cm³/mol. The monoisotopic (exact) mass is 367 g/mol. The van der Waals surface area contributed by atoms with Crippen LogP contribution in [-0.2, 0) is 4.79 Å². The molecule has 0 saturated carbocycles. The van der Waals surface area contributed by atoms with E-state index in [0.717, 1.165) is 4.47 Å². The van der Waals surface area contributed by atoms with E-state index >= 15 is 0 Å². The van der Waals surface area contributed by atoms with Crippen molar-refractivity contribution in [3.05, 3.63) is 40.4 Å². The normalized spacial score (nSPS) is 11.6. The average Bonchev–Trinajstić information content (AvgIpc) is 2.53. The maximum absolute atomic E-state index is 11.3. The number of hydrogen-bond donors (Lipinski definition) is 0. The van der Waals surface area contributed by atoms with Gasteiger partial charge < -0.3 is 24.1 Å². The number of benzene rings is 1. The minimum atomic E-state index is -1.41. The molecule has 0 aliphatic heterocycles. The lowest BCUT2D eigenvalue weighted by Crippen LogP contribution is -2.33. The molecule has 2 aromatic rings. The van der Waals surface area contributed by atoms with Gasteiger partial charge in [-0.15, -0.1) is 0 Å². The van der Waals surface area contributed by atoms with Gasteiger partial charge in [0, 0.05) is 4.47 Å². The van der Waals surface area contributed by atoms with Crippen LogP contribution in [-0.4, -0.2) is 30.2 Å². The minimum Gasteiger partial charge on any atom is -0.546 e. The minimum absolute atomic E-state index is 0.187. The Labute approximate surface area is 135 Å². The molecule has 1 aromatic carbocycles. The lowest BCUT2D eigenvalue weighted by molar-refractivity contribution is -0.314. The summed E-state index contributed by atoms with van der Waals surface area (Å²) in [4.78, 5) is 19.2. The molecule has 0 saturated heterocycles. The third-order valence-electron chi connectivity index (χ3n) is 2.69. The molecule has 22 heavy (non-hydrogen) atoms. The SMILES string of the molecule is COc1cc(OC)nc(OC(C(=O)[O-])c2ccc(Br)cc2)n1. The van der Waals surface area contributed by atoms with Crippen LogP contribution in [0.5, 0.6) is 17.8 Å². The van der Waals surface area contributed by atoms with Gasteiger partial charge in [0.05, 0.1) is 26.3 Å². The van der Waals surface area contributed by atoms with Gasteiger partial charge in [0.15, 0.2) is 6.10 Å². The van der Waals surface area contributed by atoms with Crippen LogP contribution in [0.4, 0.5) is 0 Å². The summed E-state index contributed by atoms with van der Waals surface area (Å²) in [6.45, 7) is 0. The lowest BCUT2D eigenvalue weighted by Gasteiger charge is -2.19. The summed E-state index contributed by atoms with van der Waals surface area (Å²) in [7, 11) is 2.83. The first-order valence-electron chi connectivity index (χ1n) is 6.13. The Hall–Kier alpha value is -2.35. The molecule has 1 heterocycles. The molecule has 0 aliphatic carbocycles. The number of hydrogen-bond acceptors (Lipinski definition) is 7. The average molecular weight is 368 g/mol. The Morgan fingerprint density at radius 3 is 2.14 bits per heavy atom. The van der Waals surface area contributed by atoms with Crippen LogP contribution in [0.3, 0.4) is 0 Å². The molecule has 2 rings (SSSR count). The molecule has 0 aliphatic rings. The Balaban J connectivity index is 2.32. The van der Waals surface area contributed by atoms with Crippen molar-refractivity contribution in [3.8, 4) is 17.8 Å². The van der Waals surface area contributed by atoms with Crippen LogP contribution in [0, 0.1) is 0 Å². The Kier molecular flexibility index (Phi) is 5.16. The van der Waals surface area contributed by atoms with Gasteiger partial charge in [-0.3, -0.25) is 0 Å². The number of halogens is 1. The lowest BCUT2D eigenvalue weighted by atomic mass is 10.1. The Morgan fingerprint density at radius 2 is 1.68 bits per heavy atom. The van der Waals surface area contributed by atoms with Gasteiger partial charge in [-0.2, -0.15) is 9.97 Å². The second-order valence-corrected chi connectivity index (χ2v) is 5.02. The summed E-state index contributed by atoms with van der Waals surface area (Å²) in [5.74, 6) is -1.03. The molecule has 0 bridgehead atoms. The van der Waals surface area contributed by atoms with E-state index in [2.05, 4.69) is 25.9 Å². The van der Waals surface area contributed by atoms with Crippen molar-refractivity contribution in [2.24, 2.45) is 0 Å². The van der Waals surface area contributed by atoms with E-state index in [1.165, 1.54) is 20.3 Å². The summed E-state index contributed by atoms with van der Waals surface area (Å²) in [6.07, 6.45) is -1.36. The van der Waals surface area contributed by atoms with Crippen molar-refractivity contribution in [1.82, 2.24) is 9.97 Å². The van der Waals surface area contributed by atoms with E-state index in [1.807, 2.05) is 0 Å². The van der Waals surface area contributed by atoms with Crippen molar-refractivity contribution in [3.63, 3.8) is 0 Å². The van der Waals surface area contributed by atoms with E-state index in [9.17, 15) is 9.90 Å². The molecule has 1 aromatic heterocycles. The summed E-state index contributed by atoms with van der Waals surface area (Å²) in [6, 6.07) is 7.85. The van der Waals surface area contributed by atoms with Crippen LogP contribution in [0.25, 0.3) is 0 Å². The maximum atomic E-state index is 11.3. The van der Waals surface area contributed by atoms with Crippen LogP contribution in [0.2, 0.25) is 0 Å². The summed E-state index contributed by atoms with van der Waals surface area (Å²) >= 11 is 3.27. The molecule has 8 heteroatoms. The largest absolute Gasteiger partial charge is 0.546 e. The number of aromatic nitrogens is 2. The first kappa shape index (κ1) is 16.0. The van der Waals surface area contributed by atoms with Gasteiger partial charge in [0.1, 0.15) is 0 Å². The van der Waals surface area contributed by atoms with E-state index < -0.39 is 12.1 Å². The van der Waals surface area contributed by atoms with Crippen molar-refractivity contribution in [1.29, 1.82) is 0 Å². The topological polar surface area (TPSA) is 93.6 Å². The van der Waals surface area contributed by atoms with E-state index in [0.29, 0.717) is 5.56 Å². The second-order valence-electron chi connectivity index (χ2n) is 4.10. The van der Waals surface area contributed by atoms with E-state index in [4.69, 9.17) is 14.2 Å². The first-order chi connectivity index (χ1) is 10.5. The highest BCUT2D eigenvalue weighted by Crippen LogP contribution is 2.24. The van der Waals surface area contributed by atoms with Gasteiger partial charge in [-0.1, -0.05) is 28.1 Å². The van der Waals surface area contributed by atoms with Crippen LogP contribution in [0.1, 0.15) is 11.7 Å². The molecule has 1 unspecified atom stereocenters. The quantitative estimate of drug-likeness (QED) is 0.754. The fourth-order valence-electron chi connectivity index (χ4n) is 1.64. The molecule has 1 atom stereocenters. The highest BCUT2D eigenvalue weighted by Gasteiger charge is 2.18. The van der Waals surface area contributed by atoms with Gasteiger partial charge in [-0.05, 0) is 17.7 Å². The van der Waals surface area contributed by atoms with Crippen LogP contribution >= 0.6 is 15.9 Å². The molecular weight excluding hydrogens is 356 g/mol. The zero-order valence-corrected chi connectivity index (χ0v) is 13.4. The molecule has 116 valence electrons. The van der Waals surface area contributed by atoms with Crippen molar-refractivity contribution in [2.45, 2.75) is 6.10 Å². The zero-order valence-electron chi connectivity index (χ0n) is 11.8. The number of nitrogens with zero attached hydrogens (tertiary/aromatic N) is 2. The van der Waals surface area contributed by atoms with Crippen molar-refractivity contribution in [2.75, 3.05) is 14.2 Å². The number of rotatable bonds is 6. The molecule has 0 radical (unpaired) electrons. The van der Waals surface area contributed by atoms with Crippen LogP contribution < -0.4 is 19.3 Å². The standard InChI is InChI=1S/C14H13BrN2O5/c1-20-10-7-11(21-2)17-14(16-10)22-12(13(18)19)8-3-5-9(15)6-4-8/h3-7,12H,1-2H3,(H,18,19)/p-1. The molecule has 0 amide bonds. The number of carboxylic acids is 1. The fourth-order valence-corrected chi connectivity index (χ4v) is 1.91. The zero-order chi connectivity index (χ0) is 16.1. The summed E-state index contributed by atoms with van der Waals surface area (Å²) in [5, 5.41) is 11.3. The highest BCUT2D eigenvalue weighted by molar-refractivity contribution is 9.10. The Bertz CT molecular complexity index is 641. The van der Waals surface area contributed by atoms with Crippen LogP contribution in [0.15, 0.2) is 34.8 Å². The van der Waals surface area contributed by atoms with Gasteiger partial charge in [-0.25, -0.2) is 0 Å². The number of methoxy groups -OCH3 is 2. The number of carbonyl (C=O) groups is 1. The second kappa shape index (κ2) is 7.08. The molecule has 0 fully saturated rings. The fraction of sp³-hybridized carbons (Fsp3) is 0.214. The smallest absolute Gasteiger partial charge is 0.324 e. The number of ether oxygens (including phenoxy) is 3. The summed E-state index contributed by atoms with van der Waals surface area (Å²) < 4.78 is 16.1. The molecule has 7 nitrogen and oxygen atoms in total. The first-order valence-corrected chi connectivity index (χ1v) is 6.93. The molecule has 0 N–H and O–H groups in total. The van der Waals surface area contributed by atoms with Crippen molar-refractivity contribution >= 4 is 21.9 Å². The number of carbonyl (C=O) groups excluding carboxylic acids is 1. The highest BCUT2D eigenvalue weighted by atomic mass is 79.9. The number of aliphatic carboxylic acids is 1. The molecule has 0 spiro atoms. The number of carboxylic acid groups (broad SMARTS) is 1. The van der Waals surface area contributed by atoms with Crippen molar-refractivity contribution < 1.29 is 24.1 Å². The van der Waals surface area contributed by atoms with E-state index in [-0.39, 0.29) is 17.8 Å². The third-order valence-corrected chi connectivity index (χ3v) is 3.22. The Morgan fingerprint density at radius 1 is 1.14 bits per heavy atom. The van der Waals surface area contributed by atoms with Gasteiger partial charge >= 0.3 is 6.01 Å².